The predicted octanol–water partition coefficient (Wildman–Crippen LogP) is 4.24. The SMILES string of the molecule is Cn1cnc(-c2cc(CN3CCNC3=O)ccc2OC(=O)Nc2ccc(C(F)(F)F)cc2)c1. The molecule has 1 saturated heterocycles. The molecular weight excluding hydrogens is 439 g/mol. The second kappa shape index (κ2) is 8.85. The number of carbonyl (C=O) groups excluding carboxylic acids is 2. The molecule has 8 nitrogen and oxygen atoms in total. The van der Waals surface area contributed by atoms with E-state index in [1.807, 2.05) is 0 Å². The van der Waals surface area contributed by atoms with Crippen LogP contribution >= 0.6 is 0 Å². The van der Waals surface area contributed by atoms with Gasteiger partial charge < -0.3 is 19.5 Å². The van der Waals surface area contributed by atoms with Gasteiger partial charge in [0.25, 0.3) is 0 Å². The molecule has 2 N–H and O–H groups in total. The third-order valence-electron chi connectivity index (χ3n) is 5.00. The number of carbonyl (C=O) groups is 2. The molecule has 33 heavy (non-hydrogen) atoms. The van der Waals surface area contributed by atoms with Crippen molar-refractivity contribution in [3.63, 3.8) is 0 Å². The van der Waals surface area contributed by atoms with E-state index in [-0.39, 0.29) is 17.5 Å². The van der Waals surface area contributed by atoms with Gasteiger partial charge in [-0.25, -0.2) is 14.6 Å². The number of hydrogen-bond donors (Lipinski definition) is 2. The minimum absolute atomic E-state index is 0.148. The molecule has 1 aliphatic rings. The largest absolute Gasteiger partial charge is 0.417 e. The van der Waals surface area contributed by atoms with Crippen LogP contribution in [0.25, 0.3) is 11.3 Å². The number of aromatic nitrogens is 2. The molecule has 0 unspecified atom stereocenters. The van der Waals surface area contributed by atoms with E-state index in [1.165, 1.54) is 0 Å². The van der Waals surface area contributed by atoms with Gasteiger partial charge in [-0.05, 0) is 42.0 Å². The van der Waals surface area contributed by atoms with Crippen LogP contribution in [0.5, 0.6) is 5.75 Å². The fraction of sp³-hybridized carbons (Fsp3) is 0.227. The summed E-state index contributed by atoms with van der Waals surface area (Å²) in [6.07, 6.45) is -1.98. The van der Waals surface area contributed by atoms with Gasteiger partial charge in [0.2, 0.25) is 0 Å². The maximum absolute atomic E-state index is 12.7. The Bertz CT molecular complexity index is 1170. The van der Waals surface area contributed by atoms with Gasteiger partial charge in [0, 0.05) is 44.1 Å². The van der Waals surface area contributed by atoms with Gasteiger partial charge in [-0.3, -0.25) is 5.32 Å². The van der Waals surface area contributed by atoms with Crippen LogP contribution < -0.4 is 15.4 Å². The first-order valence-electron chi connectivity index (χ1n) is 9.99. The molecule has 172 valence electrons. The molecule has 0 saturated carbocycles. The summed E-state index contributed by atoms with van der Waals surface area (Å²) in [6.45, 7) is 1.55. The first-order valence-corrected chi connectivity index (χ1v) is 9.99. The third-order valence-corrected chi connectivity index (χ3v) is 5.00. The van der Waals surface area contributed by atoms with E-state index in [2.05, 4.69) is 15.6 Å². The number of nitrogens with one attached hydrogen (secondary N) is 2. The normalized spacial score (nSPS) is 13.7. The number of amides is 3. The van der Waals surface area contributed by atoms with E-state index >= 15 is 0 Å². The highest BCUT2D eigenvalue weighted by Gasteiger charge is 2.30. The Kier molecular flexibility index (Phi) is 5.95. The molecule has 1 fully saturated rings. The summed E-state index contributed by atoms with van der Waals surface area (Å²) in [4.78, 5) is 30.2. The number of ether oxygens (including phenoxy) is 1. The van der Waals surface area contributed by atoms with Crippen molar-refractivity contribution in [1.29, 1.82) is 0 Å². The molecule has 3 amide bonds. The molecule has 4 rings (SSSR count). The fourth-order valence-electron chi connectivity index (χ4n) is 3.38. The van der Waals surface area contributed by atoms with Crippen molar-refractivity contribution in [2.75, 3.05) is 18.4 Å². The smallest absolute Gasteiger partial charge is 0.409 e. The zero-order valence-electron chi connectivity index (χ0n) is 17.5. The number of nitrogens with zero attached hydrogens (tertiary/aromatic N) is 3. The Morgan fingerprint density at radius 2 is 1.97 bits per heavy atom. The highest BCUT2D eigenvalue weighted by molar-refractivity contribution is 5.87. The quantitative estimate of drug-likeness (QED) is 0.597. The average molecular weight is 459 g/mol. The monoisotopic (exact) mass is 459 g/mol. The lowest BCUT2D eigenvalue weighted by molar-refractivity contribution is -0.137. The number of benzene rings is 2. The van der Waals surface area contributed by atoms with Crippen LogP contribution in [-0.4, -0.2) is 39.7 Å². The number of halogens is 3. The van der Waals surface area contributed by atoms with Gasteiger partial charge >= 0.3 is 18.3 Å². The molecule has 11 heteroatoms. The van der Waals surface area contributed by atoms with E-state index in [0.29, 0.717) is 30.9 Å². The molecule has 0 radical (unpaired) electrons. The number of hydrogen-bond acceptors (Lipinski definition) is 4. The van der Waals surface area contributed by atoms with Crippen LogP contribution in [0.4, 0.5) is 28.4 Å². The average Bonchev–Trinajstić information content (AvgIpc) is 3.37. The van der Waals surface area contributed by atoms with Gasteiger partial charge in [-0.2, -0.15) is 13.2 Å². The van der Waals surface area contributed by atoms with E-state index < -0.39 is 17.8 Å². The van der Waals surface area contributed by atoms with Crippen molar-refractivity contribution in [2.45, 2.75) is 12.7 Å². The minimum Gasteiger partial charge on any atom is -0.409 e. The second-order valence-electron chi connectivity index (χ2n) is 7.50. The van der Waals surface area contributed by atoms with E-state index in [4.69, 9.17) is 4.74 Å². The van der Waals surface area contributed by atoms with Crippen molar-refractivity contribution in [2.24, 2.45) is 7.05 Å². The van der Waals surface area contributed by atoms with Gasteiger partial charge in [0.1, 0.15) is 5.75 Å². The Hall–Kier alpha value is -4.02. The van der Waals surface area contributed by atoms with Gasteiger partial charge in [0.15, 0.2) is 0 Å². The molecule has 2 aromatic carbocycles. The van der Waals surface area contributed by atoms with E-state index in [1.54, 1.807) is 47.2 Å². The second-order valence-corrected chi connectivity index (χ2v) is 7.50. The van der Waals surface area contributed by atoms with Crippen LogP contribution in [0.15, 0.2) is 55.0 Å². The molecule has 0 atom stereocenters. The predicted molar refractivity (Wildman–Crippen MR) is 114 cm³/mol. The van der Waals surface area contributed by atoms with Crippen LogP contribution in [-0.2, 0) is 19.8 Å². The maximum Gasteiger partial charge on any atom is 0.417 e. The molecule has 1 aliphatic heterocycles. The van der Waals surface area contributed by atoms with Crippen molar-refractivity contribution in [3.05, 3.63) is 66.1 Å². The van der Waals surface area contributed by atoms with E-state index in [0.717, 1.165) is 29.8 Å². The van der Waals surface area contributed by atoms with Crippen LogP contribution in [0.2, 0.25) is 0 Å². The standard InChI is InChI=1S/C22H20F3N5O3/c1-29-12-18(27-13-29)17-10-14(11-30-9-8-26-20(30)31)2-7-19(17)33-21(32)28-16-5-3-15(4-6-16)22(23,24)25/h2-7,10,12-13H,8-9,11H2,1H3,(H,26,31)(H,28,32). The van der Waals surface area contributed by atoms with Gasteiger partial charge in [-0.15, -0.1) is 0 Å². The molecule has 0 bridgehead atoms. The first kappa shape index (κ1) is 22.2. The summed E-state index contributed by atoms with van der Waals surface area (Å²) in [6, 6.07) is 9.01. The fourth-order valence-corrected chi connectivity index (χ4v) is 3.38. The number of alkyl halides is 3. The lowest BCUT2D eigenvalue weighted by atomic mass is 10.1. The van der Waals surface area contributed by atoms with Crippen LogP contribution in [0.1, 0.15) is 11.1 Å². The highest BCUT2D eigenvalue weighted by Crippen LogP contribution is 2.32. The summed E-state index contributed by atoms with van der Waals surface area (Å²) in [5.41, 5.74) is 1.26. The number of anilines is 1. The molecule has 1 aromatic heterocycles. The number of rotatable bonds is 5. The summed E-state index contributed by atoms with van der Waals surface area (Å²) < 4.78 is 45.3. The van der Waals surface area contributed by atoms with Crippen LogP contribution in [0.3, 0.4) is 0 Å². The van der Waals surface area contributed by atoms with Crippen molar-refractivity contribution < 1.29 is 27.5 Å². The van der Waals surface area contributed by atoms with Gasteiger partial charge in [-0.1, -0.05) is 6.07 Å². The topological polar surface area (TPSA) is 88.5 Å². The Morgan fingerprint density at radius 3 is 2.58 bits per heavy atom. The number of urea groups is 1. The Labute approximate surface area is 187 Å². The Morgan fingerprint density at radius 1 is 1.21 bits per heavy atom. The maximum atomic E-state index is 12.7. The molecular formula is C22H20F3N5O3. The Balaban J connectivity index is 1.53. The van der Waals surface area contributed by atoms with Crippen molar-refractivity contribution in [3.8, 4) is 17.0 Å². The van der Waals surface area contributed by atoms with Crippen molar-refractivity contribution in [1.82, 2.24) is 19.8 Å². The number of imidazole rings is 1. The zero-order valence-corrected chi connectivity index (χ0v) is 17.5. The molecule has 2 heterocycles. The number of aryl methyl sites for hydroxylation is 1. The lowest BCUT2D eigenvalue weighted by Gasteiger charge is -2.16. The zero-order chi connectivity index (χ0) is 23.6. The third kappa shape index (κ3) is 5.25. The molecule has 3 aromatic rings. The lowest BCUT2D eigenvalue weighted by Crippen LogP contribution is -2.27. The van der Waals surface area contributed by atoms with Crippen LogP contribution in [0, 0.1) is 0 Å². The summed E-state index contributed by atoms with van der Waals surface area (Å²) in [5, 5.41) is 5.16. The molecule has 0 aliphatic carbocycles. The summed E-state index contributed by atoms with van der Waals surface area (Å²) in [5.74, 6) is 0.215. The highest BCUT2D eigenvalue weighted by atomic mass is 19.4. The van der Waals surface area contributed by atoms with Gasteiger partial charge in [0.05, 0.1) is 17.6 Å². The van der Waals surface area contributed by atoms with Crippen molar-refractivity contribution >= 4 is 17.8 Å². The summed E-state index contributed by atoms with van der Waals surface area (Å²) >= 11 is 0. The minimum atomic E-state index is -4.46. The summed E-state index contributed by atoms with van der Waals surface area (Å²) in [7, 11) is 1.80. The first-order chi connectivity index (χ1) is 15.7. The molecule has 0 spiro atoms. The van der Waals surface area contributed by atoms with E-state index in [9.17, 15) is 22.8 Å².